The Hall–Kier alpha value is -10.1. The number of esters is 4. The smallest absolute Gasteiger partial charge is 0.479 e. The van der Waals surface area contributed by atoms with E-state index >= 15 is 0 Å². The number of para-hydroxylation sites is 2. The normalized spacial score (nSPS) is 11.5. The van der Waals surface area contributed by atoms with E-state index in [1.807, 2.05) is 0 Å². The number of ketones is 5. The van der Waals surface area contributed by atoms with Gasteiger partial charge in [0, 0.05) is 13.8 Å². The molecule has 806 valence electrons. The van der Waals surface area contributed by atoms with Crippen LogP contribution in [0.2, 0.25) is 0 Å². The number of alkyl halides is 36. The highest BCUT2D eigenvalue weighted by atomic mass is 32.2. The third kappa shape index (κ3) is 142. The molecule has 134 heavy (non-hydrogen) atoms. The molecule has 1 heterocycles. The summed E-state index contributed by atoms with van der Waals surface area (Å²) in [6.07, 6.45) is -46.7. The fraction of sp³-hybridized carbons (Fsp3) is 0.672. The van der Waals surface area contributed by atoms with E-state index < -0.39 is 248 Å². The molecule has 0 radical (unpaired) electrons. The molecule has 1 aromatic rings. The molecule has 76 heteroatoms. The highest BCUT2D eigenvalue weighted by Crippen LogP contribution is 2.40. The Morgan fingerprint density at radius 2 is 0.701 bits per heavy atom. The van der Waals surface area contributed by atoms with Crippen LogP contribution < -0.4 is 15.2 Å². The number of carboxylic acid groups (broad SMARTS) is 3. The Bertz CT molecular complexity index is 3320. The number of carboxylic acids is 3. The highest BCUT2D eigenvalue weighted by Gasteiger charge is 2.51. The van der Waals surface area contributed by atoms with E-state index in [1.54, 1.807) is 12.1 Å². The van der Waals surface area contributed by atoms with Gasteiger partial charge < -0.3 is 95.4 Å². The fourth-order valence-corrected chi connectivity index (χ4v) is 2.07. The molecule has 0 aliphatic carbocycles. The van der Waals surface area contributed by atoms with Crippen molar-refractivity contribution in [3.8, 4) is 11.5 Å². The molecule has 16 N–H and O–H groups in total. The first-order chi connectivity index (χ1) is 59.5. The van der Waals surface area contributed by atoms with Gasteiger partial charge in [-0.3, -0.25) is 37.9 Å². The Morgan fingerprint density at radius 1 is 0.493 bits per heavy atom. The van der Waals surface area contributed by atoms with Gasteiger partial charge in [-0.2, -0.15) is 100 Å². The number of hydrogen-bond donors (Lipinski definition) is 15. The quantitative estimate of drug-likeness (QED) is 0.00914. The number of hydrogen-bond acceptors (Lipinski definition) is 32. The molecule has 2 atom stereocenters. The number of ether oxygens (including phenoxy) is 6. The average Bonchev–Trinajstić information content (AvgIpc) is 1.66. The number of fused-ring (bicyclic) bond motifs is 1. The van der Waals surface area contributed by atoms with E-state index in [4.69, 9.17) is 96.8 Å². The predicted molar refractivity (Wildman–Crippen MR) is 363 cm³/mol. The zero-order valence-electron chi connectivity index (χ0n) is 68.1. The van der Waals surface area contributed by atoms with Crippen LogP contribution in [-0.2, 0) is 102 Å². The van der Waals surface area contributed by atoms with Gasteiger partial charge in [0.25, 0.3) is 38.2 Å². The molecule has 38 nitrogen and oxygen atoms in total. The monoisotopic (exact) mass is 2130 g/mol. The molecule has 0 aromatic heterocycles. The fourth-order valence-electron chi connectivity index (χ4n) is 2.07. The molecule has 1 aliphatic heterocycles. The SMILES string of the molecule is CC(=O)C(C)F.CC(=O)C(C)F.CC(=O)C(F)F.CC(=O)C(F)F.CCOC(=O)C(F)(F)C(=O)OCC.CCOC(=O)C(F)C(=O)OCC.FC1(F)Oc2ccccc2O1.NC(=O)CF.O=C(O)C(=O)C(F)(F)F.O=C(O)C(F)(F)F.O=C(O)CF.O=S(=O)(O)C(F)(F)F.O=S(=O)(O)C(F)F.OC(O)C(F)(F)F.OC(O)C(F)F.OC(O)CF.OCC(F)(F)F.OCC(F)F.OCCF. The standard InChI is InChI=1S/C7H10F2O4.C7H4F2O2.C7H11FO4.2C4H7FO.C3HF3O3.2C3H4F2O.C2H3F3O2.C2HF3O2.C2H3F3O.C2H4F2O2.C2H4F2O.C2H4FNO.C2H5FO2.C2H3FO2.C2H5FO.CHF3O3S.CH2F2O3S/c1-3-12-5(10)7(8,9)6(11)13-4-2;8-7(9)10-5-3-1-2-4-6(5)11-7;1-3-11-6(9)5(8)7(10)12-4-2;2*1-3(5)4(2)6;4-3(5,6)1(7)2(8)9;2*1-2(6)3(4)5;2*3-2(4,5)1(6)7;3-2(4,5)1-6;3-1(4)2(5)6;3-2(4)1-5;3*3-1-2(4)5;3-1-2-4;2-1(3,4)8(5,6)7;2-1(3)7(4,5)6/h3-4H2,1-2H3;1-4H;5H,3-4H2,1-2H3;2*3H,1-2H3;(H,8,9);2*3H,1H3;1,6-7H;(H,6,7);6H,1H2;1-2,5-6H;2,5H,1H2;1H2,(H2,4,5);2,4-5H,1H2;1H2,(H,4,5);4H,1-2H2;(H,5,6,7);1H,(H,4,5,6). The molecular weight excluding hydrogens is 2050 g/mol. The molecule has 1 aliphatic rings. The second-order valence-electron chi connectivity index (χ2n) is 19.1. The first-order valence-electron chi connectivity index (χ1n) is 31.7. The maximum atomic E-state index is 12.6. The van der Waals surface area contributed by atoms with Crippen LogP contribution in [0.15, 0.2) is 24.3 Å². The summed E-state index contributed by atoms with van der Waals surface area (Å²) in [5.74, 6) is -27.1. The summed E-state index contributed by atoms with van der Waals surface area (Å²) in [4.78, 5) is 126. The summed E-state index contributed by atoms with van der Waals surface area (Å²) >= 11 is 0. The molecule has 1 aromatic carbocycles. The van der Waals surface area contributed by atoms with Crippen molar-refractivity contribution in [2.24, 2.45) is 5.73 Å². The maximum Gasteiger partial charge on any atom is 0.586 e. The van der Waals surface area contributed by atoms with Gasteiger partial charge in [0.2, 0.25) is 12.2 Å². The lowest BCUT2D eigenvalue weighted by Gasteiger charge is -2.12. The Labute approximate surface area is 726 Å². The Kier molecular flexibility index (Phi) is 109. The third-order valence-electron chi connectivity index (χ3n) is 7.61. The summed E-state index contributed by atoms with van der Waals surface area (Å²) < 4.78 is 471. The number of benzene rings is 1. The van der Waals surface area contributed by atoms with Crippen molar-refractivity contribution >= 4 is 96.8 Å². The summed E-state index contributed by atoms with van der Waals surface area (Å²) in [6.45, 7) is 4.88. The molecule has 0 spiro atoms. The van der Waals surface area contributed by atoms with Crippen molar-refractivity contribution in [2.45, 2.75) is 181 Å². The molecule has 2 unspecified atom stereocenters. The van der Waals surface area contributed by atoms with Gasteiger partial charge in [-0.25, -0.2) is 99.4 Å². The van der Waals surface area contributed by atoms with Crippen molar-refractivity contribution in [2.75, 3.05) is 72.9 Å². The number of carbonyl (C=O) groups excluding carboxylic acids is 10. The van der Waals surface area contributed by atoms with E-state index in [9.17, 15) is 211 Å². The van der Waals surface area contributed by atoms with E-state index in [0.717, 1.165) is 13.8 Å². The minimum atomic E-state index is -5.84. The van der Waals surface area contributed by atoms with Gasteiger partial charge in [0.05, 0.1) is 33.0 Å². The zero-order chi connectivity index (χ0) is 112. The lowest BCUT2D eigenvalue weighted by Crippen LogP contribution is -2.40. The average molecular weight is 2130 g/mol. The zero-order valence-corrected chi connectivity index (χ0v) is 69.7. The summed E-state index contributed by atoms with van der Waals surface area (Å²) in [7, 11) is -10.9. The number of Topliss-reactive ketones (excluding diaryl/α,β-unsaturated/α-hetero) is 5. The summed E-state index contributed by atoms with van der Waals surface area (Å²) in [6, 6.07) is 6.06. The number of aliphatic hydroxyl groups is 9. The Balaban J connectivity index is -0.0000000725. The number of rotatable bonds is 20. The molecule has 1 amide bonds. The first-order valence-corrected chi connectivity index (χ1v) is 34.6. The molecule has 0 saturated heterocycles. The van der Waals surface area contributed by atoms with Crippen LogP contribution in [0.3, 0.4) is 0 Å². The van der Waals surface area contributed by atoms with Crippen molar-refractivity contribution in [1.82, 2.24) is 0 Å². The summed E-state index contributed by atoms with van der Waals surface area (Å²) in [5.41, 5.74) is -1.26. The van der Waals surface area contributed by atoms with Gasteiger partial charge in [0.1, 0.15) is 26.6 Å². The van der Waals surface area contributed by atoms with E-state index in [2.05, 4.69) is 34.2 Å². The minimum absolute atomic E-state index is 0.0403. The molecular formula is C58H83F36NO37S2. The van der Waals surface area contributed by atoms with Crippen molar-refractivity contribution in [3.05, 3.63) is 24.3 Å². The topological polar surface area (TPSA) is 655 Å². The largest absolute Gasteiger partial charge is 0.586 e. The third-order valence-corrected chi connectivity index (χ3v) is 8.64. The van der Waals surface area contributed by atoms with E-state index in [1.165, 1.54) is 67.5 Å². The number of primary amides is 1. The van der Waals surface area contributed by atoms with E-state index in [0.29, 0.717) is 0 Å². The van der Waals surface area contributed by atoms with Crippen LogP contribution in [0.5, 0.6) is 11.5 Å². The van der Waals surface area contributed by atoms with Gasteiger partial charge in [-0.05, 0) is 67.5 Å². The number of aliphatic carboxylic acids is 3. The second-order valence-corrected chi connectivity index (χ2v) is 21.9. The van der Waals surface area contributed by atoms with Crippen molar-refractivity contribution < 1.29 is 336 Å². The van der Waals surface area contributed by atoms with Crippen LogP contribution in [0.25, 0.3) is 0 Å². The number of carbonyl (C=O) groups is 13. The van der Waals surface area contributed by atoms with Crippen molar-refractivity contribution in [3.63, 3.8) is 0 Å². The predicted octanol–water partition coefficient (Wildman–Crippen LogP) is 6.98. The Morgan fingerprint density at radius 3 is 0.784 bits per heavy atom. The number of aliphatic hydroxyl groups excluding tert-OH is 6. The van der Waals surface area contributed by atoms with Crippen LogP contribution in [0, 0.1) is 0 Å². The number of halogens is 36. The minimum Gasteiger partial charge on any atom is -0.479 e. The second kappa shape index (κ2) is 89.4. The first kappa shape index (κ1) is 164. The van der Waals surface area contributed by atoms with Crippen LogP contribution >= 0.6 is 0 Å². The summed E-state index contributed by atoms with van der Waals surface area (Å²) in [5, 5.41) is 88.7. The van der Waals surface area contributed by atoms with Gasteiger partial charge >= 0.3 is 116 Å². The molecule has 2 rings (SSSR count). The van der Waals surface area contributed by atoms with Crippen LogP contribution in [0.4, 0.5) is 158 Å². The van der Waals surface area contributed by atoms with Gasteiger partial charge in [-0.1, -0.05) is 12.1 Å². The molecule has 0 fully saturated rings. The van der Waals surface area contributed by atoms with Gasteiger partial charge in [-0.15, -0.1) is 8.78 Å². The number of nitrogens with two attached hydrogens (primary N) is 1. The van der Waals surface area contributed by atoms with Crippen LogP contribution in [0.1, 0.15) is 69.2 Å². The highest BCUT2D eigenvalue weighted by molar-refractivity contribution is 7.86. The van der Waals surface area contributed by atoms with Crippen molar-refractivity contribution in [1.29, 1.82) is 0 Å². The van der Waals surface area contributed by atoms with E-state index in [-0.39, 0.29) is 44.5 Å². The number of amides is 1. The lowest BCUT2D eigenvalue weighted by molar-refractivity contribution is -0.286. The van der Waals surface area contributed by atoms with Gasteiger partial charge in [0.15, 0.2) is 66.6 Å². The molecule has 0 saturated carbocycles. The maximum absolute atomic E-state index is 12.6. The lowest BCUT2D eigenvalue weighted by atomic mass is 10.3. The van der Waals surface area contributed by atoms with Crippen LogP contribution in [-0.4, -0.2) is 348 Å². The molecule has 0 bridgehead atoms.